The number of esters is 3. The minimum Gasteiger partial charge on any atom is -0.472 e. The summed E-state index contributed by atoms with van der Waals surface area (Å²) in [4.78, 5) is 51.3. The van der Waals surface area contributed by atoms with Gasteiger partial charge in [-0.1, -0.05) is 34.6 Å². The van der Waals surface area contributed by atoms with Gasteiger partial charge >= 0.3 is 17.9 Å². The van der Waals surface area contributed by atoms with Crippen LogP contribution in [0, 0.1) is 33.5 Å². The lowest BCUT2D eigenvalue weighted by molar-refractivity contribution is -0.289. The highest BCUT2D eigenvalue weighted by Crippen LogP contribution is 2.82. The maximum absolute atomic E-state index is 14.0. The smallest absolute Gasteiger partial charge is 0.302 e. The van der Waals surface area contributed by atoms with Gasteiger partial charge in [-0.05, 0) is 37.2 Å². The number of ether oxygens (including phenoxy) is 4. The zero-order valence-corrected chi connectivity index (χ0v) is 25.3. The van der Waals surface area contributed by atoms with Gasteiger partial charge in [-0.3, -0.25) is 19.2 Å². The molecule has 11 atom stereocenters. The number of carbonyl (C=O) groups is 4. The third kappa shape index (κ3) is 3.38. The fourth-order valence-corrected chi connectivity index (χ4v) is 10.9. The first-order valence-corrected chi connectivity index (χ1v) is 14.8. The van der Waals surface area contributed by atoms with Crippen LogP contribution in [0.15, 0.2) is 23.0 Å². The summed E-state index contributed by atoms with van der Waals surface area (Å²) in [5, 5.41) is 0. The van der Waals surface area contributed by atoms with Crippen LogP contribution in [-0.2, 0) is 38.1 Å². The molecule has 1 spiro atoms. The molecular weight excluding hydrogens is 528 g/mol. The van der Waals surface area contributed by atoms with Gasteiger partial charge in [-0.15, -0.1) is 0 Å². The van der Waals surface area contributed by atoms with Gasteiger partial charge in [0.25, 0.3) is 0 Å². The van der Waals surface area contributed by atoms with Crippen molar-refractivity contribution in [1.29, 1.82) is 0 Å². The molecule has 41 heavy (non-hydrogen) atoms. The van der Waals surface area contributed by atoms with Crippen molar-refractivity contribution in [2.45, 2.75) is 117 Å². The Kier molecular flexibility index (Phi) is 6.02. The third-order valence-corrected chi connectivity index (χ3v) is 12.4. The van der Waals surface area contributed by atoms with Crippen molar-refractivity contribution in [3.63, 3.8) is 0 Å². The molecular formula is C32H42O9. The number of fused-ring (bicyclic) bond motifs is 3. The van der Waals surface area contributed by atoms with Crippen LogP contribution in [0.2, 0.25) is 0 Å². The van der Waals surface area contributed by atoms with Gasteiger partial charge in [0.1, 0.15) is 30.0 Å². The Bertz CT molecular complexity index is 1300. The number of Topliss-reactive ketones (excluding diaryl/α,β-unsaturated/α-hetero) is 1. The number of hydrogen-bond acceptors (Lipinski definition) is 9. The van der Waals surface area contributed by atoms with Crippen molar-refractivity contribution in [2.24, 2.45) is 33.5 Å². The van der Waals surface area contributed by atoms with Crippen molar-refractivity contribution >= 4 is 23.7 Å². The van der Waals surface area contributed by atoms with E-state index in [4.69, 9.17) is 23.4 Å². The molecule has 0 amide bonds. The highest BCUT2D eigenvalue weighted by atomic mass is 16.6. The standard InChI is InChI=1S/C32H42O9/c1-16(33)38-22-14-23(39-17(2)34)30(7)20-9-11-29(6)25(19-10-12-37-15-19)26(36)27-32(29,41-27)31(20,8)24(40-18(3)35)13-21(30)28(22,4)5/h10,12,15,20-25,27H,9,11,13-14H2,1-8H3/t20?,21?,22?,23?,24?,25?,27?,29-,30-,31-,32-/m0/s1. The van der Waals surface area contributed by atoms with Gasteiger partial charge in [0.05, 0.1) is 18.4 Å². The monoisotopic (exact) mass is 570 g/mol. The fourth-order valence-electron chi connectivity index (χ4n) is 10.9. The second kappa shape index (κ2) is 8.68. The molecule has 0 aromatic carbocycles. The molecule has 1 aliphatic heterocycles. The molecule has 7 unspecified atom stereocenters. The summed E-state index contributed by atoms with van der Waals surface area (Å²) in [6, 6.07) is 1.86. The summed E-state index contributed by atoms with van der Waals surface area (Å²) in [7, 11) is 0. The minimum absolute atomic E-state index is 0.0417. The SMILES string of the molecule is CC(=O)OC1CC(OC(C)=O)[C@]2(C)C(CC(OC(C)=O)[C@]3(C)C2CC[C@@]2(C)C(c4ccoc4)C(=O)C4O[C@]432)C1(C)C. The predicted molar refractivity (Wildman–Crippen MR) is 144 cm³/mol. The van der Waals surface area contributed by atoms with Crippen LogP contribution < -0.4 is 0 Å². The van der Waals surface area contributed by atoms with Crippen LogP contribution in [0.4, 0.5) is 0 Å². The summed E-state index contributed by atoms with van der Waals surface area (Å²) < 4.78 is 30.2. The Hall–Kier alpha value is -2.68. The van der Waals surface area contributed by atoms with E-state index in [1.807, 2.05) is 6.07 Å². The van der Waals surface area contributed by atoms with Crippen LogP contribution in [0.5, 0.6) is 0 Å². The van der Waals surface area contributed by atoms with Gasteiger partial charge in [-0.25, -0.2) is 0 Å². The van der Waals surface area contributed by atoms with Gasteiger partial charge in [-0.2, -0.15) is 0 Å². The summed E-state index contributed by atoms with van der Waals surface area (Å²) in [5.41, 5.74) is -2.39. The van der Waals surface area contributed by atoms with E-state index in [0.717, 1.165) is 12.0 Å². The molecule has 5 fully saturated rings. The van der Waals surface area contributed by atoms with E-state index in [1.165, 1.54) is 20.8 Å². The van der Waals surface area contributed by atoms with Crippen molar-refractivity contribution in [2.75, 3.05) is 0 Å². The van der Waals surface area contributed by atoms with E-state index >= 15 is 0 Å². The zero-order chi connectivity index (χ0) is 29.9. The third-order valence-electron chi connectivity index (χ3n) is 12.4. The molecule has 9 heteroatoms. The normalized spacial score (nSPS) is 47.2. The highest BCUT2D eigenvalue weighted by molar-refractivity contribution is 5.98. The number of ketones is 1. The second-order valence-electron chi connectivity index (χ2n) is 14.4. The fraction of sp³-hybridized carbons (Fsp3) is 0.750. The topological polar surface area (TPSA) is 122 Å². The molecule has 0 N–H and O–H groups in total. The molecule has 9 nitrogen and oxygen atoms in total. The summed E-state index contributed by atoms with van der Waals surface area (Å²) in [5.74, 6) is -1.76. The Morgan fingerprint density at radius 1 is 0.854 bits per heavy atom. The van der Waals surface area contributed by atoms with Crippen LogP contribution in [0.1, 0.15) is 92.6 Å². The van der Waals surface area contributed by atoms with E-state index in [-0.39, 0.29) is 29.5 Å². The first-order valence-electron chi connectivity index (χ1n) is 14.8. The first-order chi connectivity index (χ1) is 19.1. The molecule has 4 aliphatic carbocycles. The molecule has 2 heterocycles. The minimum atomic E-state index is -0.853. The average Bonchev–Trinajstić information content (AvgIpc) is 3.34. The molecule has 1 aromatic heterocycles. The van der Waals surface area contributed by atoms with E-state index in [1.54, 1.807) is 12.5 Å². The molecule has 224 valence electrons. The number of carbonyl (C=O) groups excluding carboxylic acids is 4. The molecule has 6 rings (SSSR count). The zero-order valence-electron chi connectivity index (χ0n) is 25.3. The lowest BCUT2D eigenvalue weighted by Gasteiger charge is -2.70. The largest absolute Gasteiger partial charge is 0.472 e. The lowest BCUT2D eigenvalue weighted by Crippen LogP contribution is -2.74. The van der Waals surface area contributed by atoms with Crippen molar-refractivity contribution < 1.29 is 42.5 Å². The van der Waals surface area contributed by atoms with Crippen molar-refractivity contribution in [3.05, 3.63) is 24.2 Å². The molecule has 1 saturated heterocycles. The molecule has 0 radical (unpaired) electrons. The molecule has 4 saturated carbocycles. The maximum Gasteiger partial charge on any atom is 0.302 e. The summed E-state index contributed by atoms with van der Waals surface area (Å²) in [6.45, 7) is 14.9. The van der Waals surface area contributed by atoms with Crippen LogP contribution in [-0.4, -0.2) is 53.7 Å². The van der Waals surface area contributed by atoms with Gasteiger partial charge < -0.3 is 23.4 Å². The highest BCUT2D eigenvalue weighted by Gasteiger charge is 2.90. The molecule has 0 bridgehead atoms. The van der Waals surface area contributed by atoms with Crippen LogP contribution in [0.25, 0.3) is 0 Å². The van der Waals surface area contributed by atoms with E-state index < -0.39 is 63.6 Å². The van der Waals surface area contributed by atoms with Crippen molar-refractivity contribution in [1.82, 2.24) is 0 Å². The summed E-state index contributed by atoms with van der Waals surface area (Å²) >= 11 is 0. The van der Waals surface area contributed by atoms with E-state index in [2.05, 4.69) is 34.6 Å². The van der Waals surface area contributed by atoms with Gasteiger partial charge in [0.2, 0.25) is 0 Å². The Balaban J connectivity index is 1.53. The van der Waals surface area contributed by atoms with Crippen molar-refractivity contribution in [3.8, 4) is 0 Å². The van der Waals surface area contributed by atoms with E-state index in [9.17, 15) is 19.2 Å². The molecule has 5 aliphatic rings. The summed E-state index contributed by atoms with van der Waals surface area (Å²) in [6.07, 6.45) is 3.32. The number of hydrogen-bond donors (Lipinski definition) is 0. The van der Waals surface area contributed by atoms with Crippen LogP contribution >= 0.6 is 0 Å². The van der Waals surface area contributed by atoms with Gasteiger partial charge in [0.15, 0.2) is 5.78 Å². The second-order valence-corrected chi connectivity index (χ2v) is 14.4. The Labute approximate surface area is 241 Å². The van der Waals surface area contributed by atoms with Gasteiger partial charge in [0, 0.05) is 54.4 Å². The maximum atomic E-state index is 14.0. The Morgan fingerprint density at radius 3 is 2.05 bits per heavy atom. The van der Waals surface area contributed by atoms with E-state index in [0.29, 0.717) is 19.3 Å². The molecule has 1 aromatic rings. The average molecular weight is 571 g/mol. The lowest BCUT2D eigenvalue weighted by atomic mass is 9.35. The number of rotatable bonds is 4. The number of epoxide rings is 1. The first kappa shape index (κ1) is 28.4. The number of furan rings is 1. The quantitative estimate of drug-likeness (QED) is 0.287. The predicted octanol–water partition coefficient (Wildman–Crippen LogP) is 4.76. The Morgan fingerprint density at radius 2 is 1.46 bits per heavy atom. The van der Waals surface area contributed by atoms with Crippen LogP contribution in [0.3, 0.4) is 0 Å².